The lowest BCUT2D eigenvalue weighted by Gasteiger charge is -2.32. The predicted octanol–water partition coefficient (Wildman–Crippen LogP) is 5.35. The van der Waals surface area contributed by atoms with Crippen molar-refractivity contribution in [2.24, 2.45) is 5.92 Å². The Balaban J connectivity index is 1.42. The van der Waals surface area contributed by atoms with Crippen molar-refractivity contribution < 1.29 is 22.8 Å². The van der Waals surface area contributed by atoms with Gasteiger partial charge in [0.15, 0.2) is 0 Å². The van der Waals surface area contributed by atoms with Gasteiger partial charge in [-0.1, -0.05) is 29.8 Å². The van der Waals surface area contributed by atoms with Crippen LogP contribution in [0.15, 0.2) is 48.5 Å². The first-order valence-electron chi connectivity index (χ1n) is 10.8. The number of likely N-dealkylation sites (tertiary alicyclic amines) is 1. The van der Waals surface area contributed by atoms with Crippen LogP contribution in [-0.2, 0) is 17.5 Å². The number of nitrogens with zero attached hydrogens (tertiary/aromatic N) is 1. The lowest BCUT2D eigenvalue weighted by molar-refractivity contribution is -0.137. The molecule has 1 saturated heterocycles. The zero-order chi connectivity index (χ0) is 23.1. The normalized spacial score (nSPS) is 16.5. The number of carbonyl (C=O) groups is 2. The molecular weight excluding hydrogens is 419 g/mol. The number of halogens is 3. The van der Waals surface area contributed by atoms with Gasteiger partial charge in [-0.3, -0.25) is 4.79 Å². The molecule has 8 heteroatoms. The smallest absolute Gasteiger partial charge is 0.352 e. The second kappa shape index (κ2) is 10.5. The van der Waals surface area contributed by atoms with Gasteiger partial charge in [-0.15, -0.1) is 0 Å². The molecule has 172 valence electrons. The molecule has 0 saturated carbocycles. The van der Waals surface area contributed by atoms with E-state index in [1.807, 2.05) is 31.2 Å². The Hall–Kier alpha value is -3.03. The number of benzene rings is 2. The molecule has 1 aliphatic heterocycles. The summed E-state index contributed by atoms with van der Waals surface area (Å²) in [5, 5.41) is 5.59. The van der Waals surface area contributed by atoms with Crippen molar-refractivity contribution in [3.63, 3.8) is 0 Å². The van der Waals surface area contributed by atoms with Crippen molar-refractivity contribution in [3.05, 3.63) is 65.2 Å². The summed E-state index contributed by atoms with van der Waals surface area (Å²) >= 11 is 0. The second-order valence-electron chi connectivity index (χ2n) is 8.26. The molecule has 0 aromatic heterocycles. The van der Waals surface area contributed by atoms with Crippen molar-refractivity contribution in [3.8, 4) is 0 Å². The SMILES string of the molecule is Cc1ccc(NC(=O)N2CCC[C@H](CCC(=O)NCc3cccc(C(F)(F)F)c3)C2)cc1. The maximum Gasteiger partial charge on any atom is 0.416 e. The zero-order valence-electron chi connectivity index (χ0n) is 18.0. The summed E-state index contributed by atoms with van der Waals surface area (Å²) in [6, 6.07) is 12.4. The van der Waals surface area contributed by atoms with Crippen LogP contribution in [0, 0.1) is 12.8 Å². The molecule has 1 aliphatic rings. The molecule has 3 rings (SSSR count). The number of urea groups is 1. The Bertz CT molecular complexity index is 929. The molecule has 3 amide bonds. The van der Waals surface area contributed by atoms with Crippen molar-refractivity contribution >= 4 is 17.6 Å². The molecule has 1 atom stereocenters. The lowest BCUT2D eigenvalue weighted by Crippen LogP contribution is -2.42. The van der Waals surface area contributed by atoms with E-state index in [0.29, 0.717) is 25.1 Å². The summed E-state index contributed by atoms with van der Waals surface area (Å²) in [5.74, 6) is 0.00969. The molecule has 2 aromatic carbocycles. The van der Waals surface area contributed by atoms with Crippen molar-refractivity contribution in [2.75, 3.05) is 18.4 Å². The summed E-state index contributed by atoms with van der Waals surface area (Å²) in [6.07, 6.45) is -1.69. The van der Waals surface area contributed by atoms with Crippen LogP contribution in [-0.4, -0.2) is 29.9 Å². The number of anilines is 1. The van der Waals surface area contributed by atoms with Gasteiger partial charge < -0.3 is 15.5 Å². The summed E-state index contributed by atoms with van der Waals surface area (Å²) in [5.41, 5.74) is 1.55. The quantitative estimate of drug-likeness (QED) is 0.627. The van der Waals surface area contributed by atoms with Crippen LogP contribution >= 0.6 is 0 Å². The van der Waals surface area contributed by atoms with Gasteiger partial charge in [0, 0.05) is 31.7 Å². The number of hydrogen-bond acceptors (Lipinski definition) is 2. The minimum absolute atomic E-state index is 0.0541. The highest BCUT2D eigenvalue weighted by Gasteiger charge is 2.30. The molecule has 2 aromatic rings. The lowest BCUT2D eigenvalue weighted by atomic mass is 9.93. The van der Waals surface area contributed by atoms with Crippen LogP contribution in [0.25, 0.3) is 0 Å². The van der Waals surface area contributed by atoms with Gasteiger partial charge in [0.25, 0.3) is 0 Å². The maximum absolute atomic E-state index is 12.8. The molecule has 32 heavy (non-hydrogen) atoms. The average Bonchev–Trinajstić information content (AvgIpc) is 2.77. The first kappa shape index (κ1) is 23.6. The van der Waals surface area contributed by atoms with Crippen LogP contribution in [0.1, 0.15) is 42.4 Å². The zero-order valence-corrected chi connectivity index (χ0v) is 18.0. The highest BCUT2D eigenvalue weighted by Crippen LogP contribution is 2.29. The minimum Gasteiger partial charge on any atom is -0.352 e. The third-order valence-corrected chi connectivity index (χ3v) is 5.63. The fourth-order valence-corrected chi connectivity index (χ4v) is 3.81. The first-order chi connectivity index (χ1) is 15.2. The summed E-state index contributed by atoms with van der Waals surface area (Å²) < 4.78 is 38.4. The molecular formula is C24H28F3N3O2. The van der Waals surface area contributed by atoms with Gasteiger partial charge in [0.1, 0.15) is 0 Å². The standard InChI is InChI=1S/C24H28F3N3O2/c1-17-7-10-21(11-8-17)29-23(32)30-13-3-5-18(16-30)9-12-22(31)28-15-19-4-2-6-20(14-19)24(25,26)27/h2,4,6-8,10-11,14,18H,3,5,9,12-13,15-16H2,1H3,(H,28,31)(H,29,32)/t18-/m1/s1. The van der Waals surface area contributed by atoms with Crippen LogP contribution in [0.3, 0.4) is 0 Å². The topological polar surface area (TPSA) is 61.4 Å². The Morgan fingerprint density at radius 3 is 2.59 bits per heavy atom. The van der Waals surface area contributed by atoms with Crippen LogP contribution in [0.4, 0.5) is 23.7 Å². The molecule has 0 spiro atoms. The molecule has 0 radical (unpaired) electrons. The third-order valence-electron chi connectivity index (χ3n) is 5.63. The molecule has 1 heterocycles. The summed E-state index contributed by atoms with van der Waals surface area (Å²) in [6.45, 7) is 3.30. The first-order valence-corrected chi connectivity index (χ1v) is 10.8. The molecule has 0 unspecified atom stereocenters. The summed E-state index contributed by atoms with van der Waals surface area (Å²) in [7, 11) is 0. The average molecular weight is 448 g/mol. The van der Waals surface area contributed by atoms with Gasteiger partial charge in [-0.2, -0.15) is 13.2 Å². The second-order valence-corrected chi connectivity index (χ2v) is 8.26. The van der Waals surface area contributed by atoms with E-state index < -0.39 is 11.7 Å². The third kappa shape index (κ3) is 7.00. The van der Waals surface area contributed by atoms with Crippen LogP contribution in [0.2, 0.25) is 0 Å². The number of carbonyl (C=O) groups excluding carboxylic acids is 2. The fraction of sp³-hybridized carbons (Fsp3) is 0.417. The van der Waals surface area contributed by atoms with Crippen molar-refractivity contribution in [1.82, 2.24) is 10.2 Å². The van der Waals surface area contributed by atoms with E-state index in [1.54, 1.807) is 11.0 Å². The summed E-state index contributed by atoms with van der Waals surface area (Å²) in [4.78, 5) is 26.5. The Kier molecular flexibility index (Phi) is 7.77. The van der Waals surface area contributed by atoms with E-state index in [9.17, 15) is 22.8 Å². The van der Waals surface area contributed by atoms with E-state index in [-0.39, 0.29) is 30.8 Å². The van der Waals surface area contributed by atoms with Gasteiger partial charge in [-0.25, -0.2) is 4.79 Å². The number of aryl methyl sites for hydroxylation is 1. The number of nitrogens with one attached hydrogen (secondary N) is 2. The molecule has 0 bridgehead atoms. The van der Waals surface area contributed by atoms with Crippen molar-refractivity contribution in [2.45, 2.75) is 45.3 Å². The van der Waals surface area contributed by atoms with Gasteiger partial charge >= 0.3 is 12.2 Å². The highest BCUT2D eigenvalue weighted by atomic mass is 19.4. The van der Waals surface area contributed by atoms with Gasteiger partial charge in [0.05, 0.1) is 5.56 Å². The Morgan fingerprint density at radius 2 is 1.88 bits per heavy atom. The van der Waals surface area contributed by atoms with Crippen molar-refractivity contribution in [1.29, 1.82) is 0 Å². The minimum atomic E-state index is -4.40. The number of rotatable bonds is 6. The van der Waals surface area contributed by atoms with Gasteiger partial charge in [0.2, 0.25) is 5.91 Å². The van der Waals surface area contributed by atoms with Crippen LogP contribution in [0.5, 0.6) is 0 Å². The van der Waals surface area contributed by atoms with E-state index in [4.69, 9.17) is 0 Å². The number of hydrogen-bond donors (Lipinski definition) is 2. The molecule has 0 aliphatic carbocycles. The molecule has 2 N–H and O–H groups in total. The monoisotopic (exact) mass is 447 g/mol. The number of amides is 3. The fourth-order valence-electron chi connectivity index (χ4n) is 3.81. The van der Waals surface area contributed by atoms with E-state index >= 15 is 0 Å². The van der Waals surface area contributed by atoms with E-state index in [0.717, 1.165) is 36.2 Å². The maximum atomic E-state index is 12.8. The largest absolute Gasteiger partial charge is 0.416 e. The number of alkyl halides is 3. The predicted molar refractivity (Wildman–Crippen MR) is 117 cm³/mol. The Labute approximate surface area is 186 Å². The molecule has 5 nitrogen and oxygen atoms in total. The molecule has 1 fully saturated rings. The van der Waals surface area contributed by atoms with E-state index in [1.165, 1.54) is 6.07 Å². The highest BCUT2D eigenvalue weighted by molar-refractivity contribution is 5.89. The van der Waals surface area contributed by atoms with Crippen LogP contribution < -0.4 is 10.6 Å². The Morgan fingerprint density at radius 1 is 1.12 bits per heavy atom. The number of piperidine rings is 1. The van der Waals surface area contributed by atoms with E-state index in [2.05, 4.69) is 10.6 Å². The van der Waals surface area contributed by atoms with Gasteiger partial charge in [-0.05, 0) is 61.9 Å².